The highest BCUT2D eigenvalue weighted by atomic mass is 32.2. The van der Waals surface area contributed by atoms with Crippen LogP contribution in [0.15, 0.2) is 23.1 Å². The normalized spacial score (nSPS) is 12.1. The molecule has 5 nitrogen and oxygen atoms in total. The summed E-state index contributed by atoms with van der Waals surface area (Å²) in [6, 6.07) is 4.20. The quantitative estimate of drug-likeness (QED) is 0.792. The highest BCUT2D eigenvalue weighted by Gasteiger charge is 2.24. The van der Waals surface area contributed by atoms with E-state index in [1.165, 1.54) is 18.2 Å². The Labute approximate surface area is 123 Å². The molecule has 0 radical (unpaired) electrons. The predicted molar refractivity (Wildman–Crippen MR) is 75.9 cm³/mol. The van der Waals surface area contributed by atoms with Gasteiger partial charge in [0.15, 0.2) is 0 Å². The second kappa shape index (κ2) is 7.67. The first-order valence-corrected chi connectivity index (χ1v) is 7.97. The summed E-state index contributed by atoms with van der Waals surface area (Å²) in [6.07, 6.45) is -1.92. The zero-order valence-electron chi connectivity index (χ0n) is 12.1. The van der Waals surface area contributed by atoms with Crippen LogP contribution in [0.2, 0.25) is 0 Å². The summed E-state index contributed by atoms with van der Waals surface area (Å²) in [5.74, 6) is 0.509. The molecule has 2 N–H and O–H groups in total. The van der Waals surface area contributed by atoms with Gasteiger partial charge in [0.05, 0.1) is 18.0 Å². The van der Waals surface area contributed by atoms with Crippen LogP contribution < -0.4 is 10.5 Å². The predicted octanol–water partition coefficient (Wildman–Crippen LogP) is 1.82. The molecule has 0 unspecified atom stereocenters. The maximum Gasteiger partial charge on any atom is 0.252 e. The van der Waals surface area contributed by atoms with E-state index >= 15 is 0 Å². The van der Waals surface area contributed by atoms with Gasteiger partial charge in [0.25, 0.3) is 6.43 Å². The number of nitrogens with two attached hydrogens (primary N) is 1. The van der Waals surface area contributed by atoms with Gasteiger partial charge >= 0.3 is 0 Å². The largest absolute Gasteiger partial charge is 0.493 e. The standard InChI is InChI=1S/C13H20F2N2O3S/c1-3-6-20-12-5-4-11(7-10(12)8-16)21(18,19)17(2)9-13(14)15/h4-5,7,13H,3,6,8-9,16H2,1-2H3. The number of hydrogen-bond acceptors (Lipinski definition) is 4. The second-order valence-corrected chi connectivity index (χ2v) is 6.54. The second-order valence-electron chi connectivity index (χ2n) is 4.50. The summed E-state index contributed by atoms with van der Waals surface area (Å²) < 4.78 is 55.1. The smallest absolute Gasteiger partial charge is 0.252 e. The Balaban J connectivity index is 3.08. The lowest BCUT2D eigenvalue weighted by atomic mass is 10.2. The Hall–Kier alpha value is -1.25. The highest BCUT2D eigenvalue weighted by molar-refractivity contribution is 7.89. The number of hydrogen-bond donors (Lipinski definition) is 1. The van der Waals surface area contributed by atoms with Crippen molar-refractivity contribution >= 4 is 10.0 Å². The summed E-state index contributed by atoms with van der Waals surface area (Å²) in [5, 5.41) is 0. The van der Waals surface area contributed by atoms with Gasteiger partial charge in [0.1, 0.15) is 5.75 Å². The van der Waals surface area contributed by atoms with E-state index in [0.29, 0.717) is 22.2 Å². The van der Waals surface area contributed by atoms with Crippen molar-refractivity contribution in [1.29, 1.82) is 0 Å². The molecule has 0 aliphatic carbocycles. The maximum atomic E-state index is 12.3. The fourth-order valence-electron chi connectivity index (χ4n) is 1.70. The maximum absolute atomic E-state index is 12.3. The molecule has 120 valence electrons. The van der Waals surface area contributed by atoms with E-state index in [1.807, 2.05) is 6.92 Å². The van der Waals surface area contributed by atoms with Crippen molar-refractivity contribution in [3.05, 3.63) is 23.8 Å². The first-order chi connectivity index (χ1) is 9.82. The molecular weight excluding hydrogens is 302 g/mol. The summed E-state index contributed by atoms with van der Waals surface area (Å²) in [6.45, 7) is 1.68. The van der Waals surface area contributed by atoms with Gasteiger partial charge in [0.2, 0.25) is 10.0 Å². The van der Waals surface area contributed by atoms with Gasteiger partial charge in [-0.25, -0.2) is 17.2 Å². The van der Waals surface area contributed by atoms with E-state index in [4.69, 9.17) is 10.5 Å². The summed E-state index contributed by atoms with van der Waals surface area (Å²) in [5.41, 5.74) is 6.11. The van der Waals surface area contributed by atoms with E-state index in [0.717, 1.165) is 13.5 Å². The number of halogens is 2. The molecule has 0 atom stereocenters. The van der Waals surface area contributed by atoms with Gasteiger partial charge in [0, 0.05) is 19.2 Å². The van der Waals surface area contributed by atoms with Crippen LogP contribution in [0.3, 0.4) is 0 Å². The van der Waals surface area contributed by atoms with Crippen LogP contribution in [0.25, 0.3) is 0 Å². The molecule has 8 heteroatoms. The number of ether oxygens (including phenoxy) is 1. The van der Waals surface area contributed by atoms with Crippen LogP contribution in [-0.4, -0.2) is 39.3 Å². The third kappa shape index (κ3) is 4.62. The van der Waals surface area contributed by atoms with Crippen molar-refractivity contribution in [2.24, 2.45) is 5.73 Å². The molecule has 0 fully saturated rings. The summed E-state index contributed by atoms with van der Waals surface area (Å²) in [7, 11) is -2.85. The average Bonchev–Trinajstić information content (AvgIpc) is 2.43. The number of benzene rings is 1. The summed E-state index contributed by atoms with van der Waals surface area (Å²) in [4.78, 5) is -0.0741. The molecule has 0 aliphatic heterocycles. The van der Waals surface area contributed by atoms with E-state index in [9.17, 15) is 17.2 Å². The molecule has 0 amide bonds. The molecule has 0 bridgehead atoms. The van der Waals surface area contributed by atoms with Gasteiger partial charge in [-0.1, -0.05) is 6.92 Å². The lowest BCUT2D eigenvalue weighted by Crippen LogP contribution is -2.31. The van der Waals surface area contributed by atoms with Crippen molar-refractivity contribution in [1.82, 2.24) is 4.31 Å². The van der Waals surface area contributed by atoms with Crippen LogP contribution in [0.4, 0.5) is 8.78 Å². The van der Waals surface area contributed by atoms with Gasteiger partial charge in [-0.15, -0.1) is 0 Å². The van der Waals surface area contributed by atoms with Gasteiger partial charge in [-0.3, -0.25) is 0 Å². The Morgan fingerprint density at radius 3 is 2.57 bits per heavy atom. The lowest BCUT2D eigenvalue weighted by Gasteiger charge is -2.18. The van der Waals surface area contributed by atoms with Crippen LogP contribution in [0.1, 0.15) is 18.9 Å². The number of rotatable bonds is 8. The van der Waals surface area contributed by atoms with Gasteiger partial charge < -0.3 is 10.5 Å². The minimum atomic E-state index is -3.96. The molecular formula is C13H20F2N2O3S. The fourth-order valence-corrected chi connectivity index (χ4v) is 2.90. The first kappa shape index (κ1) is 17.8. The summed E-state index contributed by atoms with van der Waals surface area (Å²) >= 11 is 0. The number of nitrogens with zero attached hydrogens (tertiary/aromatic N) is 1. The minimum absolute atomic E-state index is 0.0741. The number of sulfonamides is 1. The molecule has 0 heterocycles. The molecule has 0 saturated heterocycles. The molecule has 1 aromatic carbocycles. The Kier molecular flexibility index (Phi) is 6.50. The Morgan fingerprint density at radius 2 is 2.05 bits per heavy atom. The van der Waals surface area contributed by atoms with Crippen LogP contribution >= 0.6 is 0 Å². The molecule has 0 spiro atoms. The fraction of sp³-hybridized carbons (Fsp3) is 0.538. The van der Waals surface area contributed by atoms with E-state index in [1.54, 1.807) is 0 Å². The van der Waals surface area contributed by atoms with E-state index < -0.39 is 23.0 Å². The average molecular weight is 322 g/mol. The van der Waals surface area contributed by atoms with Crippen molar-refractivity contribution in [2.45, 2.75) is 31.2 Å². The zero-order chi connectivity index (χ0) is 16.0. The minimum Gasteiger partial charge on any atom is -0.493 e. The van der Waals surface area contributed by atoms with Crippen LogP contribution in [0, 0.1) is 0 Å². The Bertz CT molecular complexity index is 565. The van der Waals surface area contributed by atoms with E-state index in [-0.39, 0.29) is 11.4 Å². The van der Waals surface area contributed by atoms with Crippen molar-refractivity contribution in [2.75, 3.05) is 20.2 Å². The highest BCUT2D eigenvalue weighted by Crippen LogP contribution is 2.24. The third-order valence-electron chi connectivity index (χ3n) is 2.82. The van der Waals surface area contributed by atoms with Crippen molar-refractivity contribution < 1.29 is 21.9 Å². The van der Waals surface area contributed by atoms with Crippen molar-refractivity contribution in [3.8, 4) is 5.75 Å². The van der Waals surface area contributed by atoms with Crippen molar-refractivity contribution in [3.63, 3.8) is 0 Å². The van der Waals surface area contributed by atoms with Crippen LogP contribution in [-0.2, 0) is 16.6 Å². The molecule has 1 aromatic rings. The molecule has 0 aromatic heterocycles. The lowest BCUT2D eigenvalue weighted by molar-refractivity contribution is 0.126. The molecule has 0 aliphatic rings. The van der Waals surface area contributed by atoms with Gasteiger partial charge in [-0.2, -0.15) is 4.31 Å². The molecule has 1 rings (SSSR count). The van der Waals surface area contributed by atoms with Gasteiger partial charge in [-0.05, 0) is 24.6 Å². The topological polar surface area (TPSA) is 72.6 Å². The third-order valence-corrected chi connectivity index (χ3v) is 4.64. The SMILES string of the molecule is CCCOc1ccc(S(=O)(=O)N(C)CC(F)F)cc1CN. The van der Waals surface area contributed by atoms with E-state index in [2.05, 4.69) is 0 Å². The first-order valence-electron chi connectivity index (χ1n) is 6.53. The molecule has 21 heavy (non-hydrogen) atoms. The van der Waals surface area contributed by atoms with Crippen LogP contribution in [0.5, 0.6) is 5.75 Å². The Morgan fingerprint density at radius 1 is 1.38 bits per heavy atom. The molecule has 0 saturated carbocycles. The zero-order valence-corrected chi connectivity index (χ0v) is 12.9. The number of alkyl halides is 2. The monoisotopic (exact) mass is 322 g/mol.